The van der Waals surface area contributed by atoms with Crippen molar-refractivity contribution in [1.82, 2.24) is 14.7 Å². The van der Waals surface area contributed by atoms with Gasteiger partial charge in [-0.15, -0.1) is 0 Å². The maximum Gasteiger partial charge on any atom is 0.195 e. The number of piperidine rings is 1. The van der Waals surface area contributed by atoms with E-state index in [0.29, 0.717) is 0 Å². The fraction of sp³-hybridized carbons (Fsp3) is 0.923. The molecule has 0 bridgehead atoms. The predicted molar refractivity (Wildman–Crippen MR) is 74.6 cm³/mol. The van der Waals surface area contributed by atoms with Crippen molar-refractivity contribution >= 4 is 5.96 Å². The minimum atomic E-state index is 0.737. The zero-order valence-electron chi connectivity index (χ0n) is 12.1. The molecule has 0 spiro atoms. The summed E-state index contributed by atoms with van der Waals surface area (Å²) in [5.41, 5.74) is 0. The number of likely N-dealkylation sites (tertiary alicyclic amines) is 1. The number of nitrogens with zero attached hydrogens (tertiary/aromatic N) is 4. The van der Waals surface area contributed by atoms with Crippen LogP contribution < -0.4 is 0 Å². The van der Waals surface area contributed by atoms with Crippen molar-refractivity contribution in [2.45, 2.75) is 32.2 Å². The Morgan fingerprint density at radius 1 is 1.18 bits per heavy atom. The van der Waals surface area contributed by atoms with Gasteiger partial charge >= 0.3 is 0 Å². The largest absolute Gasteiger partial charge is 0.349 e. The van der Waals surface area contributed by atoms with Gasteiger partial charge in [-0.25, -0.2) is 0 Å². The molecule has 1 atom stereocenters. The minimum absolute atomic E-state index is 0.737. The molecule has 1 aliphatic heterocycles. The lowest BCUT2D eigenvalue weighted by Gasteiger charge is -2.33. The molecule has 0 aromatic rings. The number of guanidine groups is 1. The van der Waals surface area contributed by atoms with Crippen molar-refractivity contribution in [2.75, 3.05) is 47.8 Å². The Bertz CT molecular complexity index is 238. The molecule has 0 amide bonds. The van der Waals surface area contributed by atoms with E-state index in [0.717, 1.165) is 25.1 Å². The summed E-state index contributed by atoms with van der Waals surface area (Å²) in [5.74, 6) is 1.05. The molecule has 1 saturated heterocycles. The number of hydrogen-bond acceptors (Lipinski definition) is 2. The Balaban J connectivity index is 2.41. The summed E-state index contributed by atoms with van der Waals surface area (Å²) < 4.78 is 0. The molecule has 17 heavy (non-hydrogen) atoms. The zero-order valence-corrected chi connectivity index (χ0v) is 12.1. The molecule has 0 radical (unpaired) electrons. The van der Waals surface area contributed by atoms with Crippen molar-refractivity contribution in [3.63, 3.8) is 0 Å². The molecular formula is C13H28N4. The van der Waals surface area contributed by atoms with E-state index in [1.54, 1.807) is 0 Å². The molecule has 0 aromatic heterocycles. The van der Waals surface area contributed by atoms with Crippen LogP contribution in [-0.2, 0) is 0 Å². The quantitative estimate of drug-likeness (QED) is 0.549. The van der Waals surface area contributed by atoms with E-state index in [2.05, 4.69) is 26.6 Å². The highest BCUT2D eigenvalue weighted by molar-refractivity contribution is 5.79. The van der Waals surface area contributed by atoms with Crippen molar-refractivity contribution in [3.05, 3.63) is 0 Å². The van der Waals surface area contributed by atoms with E-state index in [4.69, 9.17) is 0 Å². The van der Waals surface area contributed by atoms with Gasteiger partial charge in [0.1, 0.15) is 0 Å². The predicted octanol–water partition coefficient (Wildman–Crippen LogP) is 1.34. The fourth-order valence-corrected chi connectivity index (χ4v) is 2.45. The van der Waals surface area contributed by atoms with Gasteiger partial charge in [0.15, 0.2) is 5.96 Å². The third-order valence-corrected chi connectivity index (χ3v) is 3.38. The van der Waals surface area contributed by atoms with Crippen LogP contribution in [0.4, 0.5) is 0 Å². The van der Waals surface area contributed by atoms with Gasteiger partial charge in [0.2, 0.25) is 0 Å². The summed E-state index contributed by atoms with van der Waals surface area (Å²) in [6.45, 7) is 5.57. The monoisotopic (exact) mass is 240 g/mol. The van der Waals surface area contributed by atoms with Crippen LogP contribution in [0, 0.1) is 0 Å². The fourth-order valence-electron chi connectivity index (χ4n) is 2.45. The van der Waals surface area contributed by atoms with Crippen LogP contribution in [-0.4, -0.2) is 74.5 Å². The second kappa shape index (κ2) is 6.84. The van der Waals surface area contributed by atoms with E-state index >= 15 is 0 Å². The summed E-state index contributed by atoms with van der Waals surface area (Å²) in [7, 11) is 8.18. The standard InChI is InChI=1S/C13H28N4/c1-12-8-6-7-10-17(12)11-9-14-13(15(2)3)16(4)5/h12H,6-11H2,1-5H3/t12-/m0/s1. The van der Waals surface area contributed by atoms with E-state index < -0.39 is 0 Å². The van der Waals surface area contributed by atoms with Crippen molar-refractivity contribution in [1.29, 1.82) is 0 Å². The molecule has 4 nitrogen and oxygen atoms in total. The molecular weight excluding hydrogens is 212 g/mol. The first-order chi connectivity index (χ1) is 8.02. The highest BCUT2D eigenvalue weighted by Crippen LogP contribution is 2.15. The summed E-state index contributed by atoms with van der Waals surface area (Å²) >= 11 is 0. The van der Waals surface area contributed by atoms with Crippen LogP contribution in [0.3, 0.4) is 0 Å². The molecule has 4 heteroatoms. The smallest absolute Gasteiger partial charge is 0.195 e. The second-order valence-electron chi connectivity index (χ2n) is 5.35. The highest BCUT2D eigenvalue weighted by atomic mass is 15.3. The maximum absolute atomic E-state index is 4.68. The van der Waals surface area contributed by atoms with E-state index in [9.17, 15) is 0 Å². The van der Waals surface area contributed by atoms with Gasteiger partial charge in [-0.2, -0.15) is 0 Å². The Morgan fingerprint density at radius 2 is 1.82 bits per heavy atom. The Hall–Kier alpha value is -0.770. The molecule has 1 aliphatic rings. The molecule has 1 rings (SSSR count). The SMILES string of the molecule is C[C@H]1CCCCN1CCN=C(N(C)C)N(C)C. The third-order valence-electron chi connectivity index (χ3n) is 3.38. The Kier molecular flexibility index (Phi) is 5.75. The molecule has 0 aliphatic carbocycles. The van der Waals surface area contributed by atoms with E-state index in [1.165, 1.54) is 25.8 Å². The normalized spacial score (nSPS) is 21.1. The summed E-state index contributed by atoms with van der Waals surface area (Å²) in [4.78, 5) is 11.4. The molecule has 0 saturated carbocycles. The van der Waals surface area contributed by atoms with Crippen LogP contribution in [0.1, 0.15) is 26.2 Å². The van der Waals surface area contributed by atoms with Crippen LogP contribution in [0.2, 0.25) is 0 Å². The van der Waals surface area contributed by atoms with Gasteiger partial charge in [0.25, 0.3) is 0 Å². The van der Waals surface area contributed by atoms with Crippen molar-refractivity contribution in [2.24, 2.45) is 4.99 Å². The zero-order chi connectivity index (χ0) is 12.8. The average molecular weight is 240 g/mol. The van der Waals surface area contributed by atoms with Crippen LogP contribution in [0.5, 0.6) is 0 Å². The van der Waals surface area contributed by atoms with Crippen molar-refractivity contribution < 1.29 is 0 Å². The lowest BCUT2D eigenvalue weighted by Crippen LogP contribution is -2.40. The van der Waals surface area contributed by atoms with Gasteiger partial charge in [-0.3, -0.25) is 9.89 Å². The lowest BCUT2D eigenvalue weighted by molar-refractivity contribution is 0.165. The maximum atomic E-state index is 4.68. The molecule has 0 N–H and O–H groups in total. The van der Waals surface area contributed by atoms with Gasteiger partial charge in [0, 0.05) is 40.8 Å². The first-order valence-corrected chi connectivity index (χ1v) is 6.65. The molecule has 1 fully saturated rings. The van der Waals surface area contributed by atoms with Gasteiger partial charge < -0.3 is 9.80 Å². The summed E-state index contributed by atoms with van der Waals surface area (Å²) in [6, 6.07) is 0.737. The topological polar surface area (TPSA) is 22.1 Å². The number of aliphatic imine (C=N–C) groups is 1. The minimum Gasteiger partial charge on any atom is -0.349 e. The Morgan fingerprint density at radius 3 is 2.35 bits per heavy atom. The molecule has 0 aromatic carbocycles. The van der Waals surface area contributed by atoms with E-state index in [1.807, 2.05) is 28.2 Å². The lowest BCUT2D eigenvalue weighted by atomic mass is 10.0. The average Bonchev–Trinajstić information content (AvgIpc) is 2.25. The van der Waals surface area contributed by atoms with Gasteiger partial charge in [-0.1, -0.05) is 6.42 Å². The van der Waals surface area contributed by atoms with Gasteiger partial charge in [0.05, 0.1) is 6.54 Å². The molecule has 1 heterocycles. The second-order valence-corrected chi connectivity index (χ2v) is 5.35. The first-order valence-electron chi connectivity index (χ1n) is 6.65. The molecule has 100 valence electrons. The van der Waals surface area contributed by atoms with Crippen LogP contribution in [0.15, 0.2) is 4.99 Å². The summed E-state index contributed by atoms with van der Waals surface area (Å²) in [5, 5.41) is 0. The summed E-state index contributed by atoms with van der Waals surface area (Å²) in [6.07, 6.45) is 4.09. The Labute approximate surface area is 106 Å². The van der Waals surface area contributed by atoms with Crippen LogP contribution >= 0.6 is 0 Å². The van der Waals surface area contributed by atoms with E-state index in [-0.39, 0.29) is 0 Å². The van der Waals surface area contributed by atoms with Crippen molar-refractivity contribution in [3.8, 4) is 0 Å². The van der Waals surface area contributed by atoms with Gasteiger partial charge in [-0.05, 0) is 26.3 Å². The number of rotatable bonds is 3. The van der Waals surface area contributed by atoms with Crippen LogP contribution in [0.25, 0.3) is 0 Å². The number of hydrogen-bond donors (Lipinski definition) is 0. The molecule has 0 unspecified atom stereocenters. The third kappa shape index (κ3) is 4.54. The highest BCUT2D eigenvalue weighted by Gasteiger charge is 2.17. The first kappa shape index (κ1) is 14.3.